The Morgan fingerprint density at radius 2 is 2.32 bits per heavy atom. The van der Waals surface area contributed by atoms with Gasteiger partial charge in [-0.25, -0.2) is 4.79 Å². The van der Waals surface area contributed by atoms with E-state index in [4.69, 9.17) is 4.74 Å². The van der Waals surface area contributed by atoms with Crippen LogP contribution in [0.25, 0.3) is 0 Å². The molecular formula is C17H26N2O3. The molecule has 0 radical (unpaired) electrons. The summed E-state index contributed by atoms with van der Waals surface area (Å²) in [5.41, 5.74) is 3.29. The zero-order chi connectivity index (χ0) is 16.1. The molecule has 22 heavy (non-hydrogen) atoms. The van der Waals surface area contributed by atoms with Gasteiger partial charge in [0.15, 0.2) is 0 Å². The van der Waals surface area contributed by atoms with Crippen LogP contribution in [0.2, 0.25) is 0 Å². The Balaban J connectivity index is 2.06. The molecule has 0 unspecified atom stereocenters. The van der Waals surface area contributed by atoms with Crippen molar-refractivity contribution in [3.63, 3.8) is 0 Å². The maximum atomic E-state index is 12.5. The first kappa shape index (κ1) is 16.8. The van der Waals surface area contributed by atoms with E-state index in [1.165, 1.54) is 11.1 Å². The van der Waals surface area contributed by atoms with E-state index in [9.17, 15) is 9.90 Å². The largest absolute Gasteiger partial charge is 0.393 e. The molecule has 2 atom stereocenters. The van der Waals surface area contributed by atoms with E-state index in [0.29, 0.717) is 26.2 Å². The number of aliphatic hydroxyl groups excluding tert-OH is 1. The Kier molecular flexibility index (Phi) is 5.80. The molecule has 0 aliphatic carbocycles. The van der Waals surface area contributed by atoms with Crippen molar-refractivity contribution in [3.05, 3.63) is 29.3 Å². The number of anilines is 1. The lowest BCUT2D eigenvalue weighted by molar-refractivity contribution is -0.00160. The number of hydrogen-bond acceptors (Lipinski definition) is 3. The van der Waals surface area contributed by atoms with Gasteiger partial charge in [-0.3, -0.25) is 0 Å². The van der Waals surface area contributed by atoms with Crippen molar-refractivity contribution in [2.24, 2.45) is 0 Å². The molecule has 0 aromatic heterocycles. The minimum absolute atomic E-state index is 0.0788. The number of aliphatic hydroxyl groups is 1. The molecule has 0 spiro atoms. The van der Waals surface area contributed by atoms with Crippen LogP contribution in [0.5, 0.6) is 0 Å². The molecule has 5 nitrogen and oxygen atoms in total. The number of aryl methyl sites for hydroxylation is 2. The van der Waals surface area contributed by atoms with Gasteiger partial charge in [0.05, 0.1) is 25.4 Å². The Bertz CT molecular complexity index is 517. The number of carbonyl (C=O) groups is 1. The lowest BCUT2D eigenvalue weighted by atomic mass is 10.1. The first-order valence-corrected chi connectivity index (χ1v) is 7.94. The number of amides is 2. The summed E-state index contributed by atoms with van der Waals surface area (Å²) in [5, 5.41) is 12.5. The van der Waals surface area contributed by atoms with Crippen molar-refractivity contribution in [1.29, 1.82) is 0 Å². The SMILES string of the molecule is CCc1cc(NC(=O)N2CCOC[C@H]2C[C@@H](C)O)ccc1C. The quantitative estimate of drug-likeness (QED) is 0.898. The molecule has 1 heterocycles. The number of nitrogens with one attached hydrogen (secondary N) is 1. The Morgan fingerprint density at radius 3 is 3.00 bits per heavy atom. The summed E-state index contributed by atoms with van der Waals surface area (Å²) >= 11 is 0. The van der Waals surface area contributed by atoms with Gasteiger partial charge >= 0.3 is 6.03 Å². The monoisotopic (exact) mass is 306 g/mol. The van der Waals surface area contributed by atoms with Gasteiger partial charge in [-0.15, -0.1) is 0 Å². The highest BCUT2D eigenvalue weighted by atomic mass is 16.5. The molecule has 1 aromatic rings. The van der Waals surface area contributed by atoms with Crippen LogP contribution in [-0.2, 0) is 11.2 Å². The second-order valence-corrected chi connectivity index (χ2v) is 5.93. The molecule has 0 saturated carbocycles. The molecule has 2 rings (SSSR count). The zero-order valence-corrected chi connectivity index (χ0v) is 13.6. The molecule has 122 valence electrons. The number of ether oxygens (including phenoxy) is 1. The zero-order valence-electron chi connectivity index (χ0n) is 13.6. The van der Waals surface area contributed by atoms with Crippen LogP contribution >= 0.6 is 0 Å². The maximum absolute atomic E-state index is 12.5. The maximum Gasteiger partial charge on any atom is 0.322 e. The third-order valence-corrected chi connectivity index (χ3v) is 4.08. The molecule has 1 aliphatic heterocycles. The summed E-state index contributed by atoms with van der Waals surface area (Å²) in [7, 11) is 0. The fraction of sp³-hybridized carbons (Fsp3) is 0.588. The van der Waals surface area contributed by atoms with Gasteiger partial charge in [-0.05, 0) is 49.9 Å². The number of benzene rings is 1. The topological polar surface area (TPSA) is 61.8 Å². The highest BCUT2D eigenvalue weighted by molar-refractivity contribution is 5.89. The van der Waals surface area contributed by atoms with E-state index < -0.39 is 6.10 Å². The van der Waals surface area contributed by atoms with Crippen molar-refractivity contribution < 1.29 is 14.6 Å². The van der Waals surface area contributed by atoms with Crippen molar-refractivity contribution in [3.8, 4) is 0 Å². The van der Waals surface area contributed by atoms with Gasteiger partial charge in [-0.1, -0.05) is 13.0 Å². The fourth-order valence-electron chi connectivity index (χ4n) is 2.84. The standard InChI is InChI=1S/C17H26N2O3/c1-4-14-10-15(6-5-12(14)2)18-17(21)19-7-8-22-11-16(19)9-13(3)20/h5-6,10,13,16,20H,4,7-9,11H2,1-3H3,(H,18,21)/t13-,16-/m1/s1. The van der Waals surface area contributed by atoms with Gasteiger partial charge in [0, 0.05) is 12.2 Å². The highest BCUT2D eigenvalue weighted by Crippen LogP contribution is 2.18. The third-order valence-electron chi connectivity index (χ3n) is 4.08. The molecule has 1 fully saturated rings. The average molecular weight is 306 g/mol. The average Bonchev–Trinajstić information content (AvgIpc) is 2.49. The van der Waals surface area contributed by atoms with E-state index in [2.05, 4.69) is 19.2 Å². The van der Waals surface area contributed by atoms with Crippen LogP contribution in [0.15, 0.2) is 18.2 Å². The minimum Gasteiger partial charge on any atom is -0.393 e. The van der Waals surface area contributed by atoms with E-state index in [-0.39, 0.29) is 12.1 Å². The number of urea groups is 1. The van der Waals surface area contributed by atoms with E-state index in [0.717, 1.165) is 12.1 Å². The molecule has 0 bridgehead atoms. The second kappa shape index (κ2) is 7.61. The summed E-state index contributed by atoms with van der Waals surface area (Å²) < 4.78 is 5.43. The van der Waals surface area contributed by atoms with Crippen LogP contribution < -0.4 is 5.32 Å². The predicted octanol–water partition coefficient (Wildman–Crippen LogP) is 2.56. The molecule has 5 heteroatoms. The first-order valence-electron chi connectivity index (χ1n) is 7.94. The van der Waals surface area contributed by atoms with Crippen LogP contribution in [0, 0.1) is 6.92 Å². The summed E-state index contributed by atoms with van der Waals surface area (Å²) in [4.78, 5) is 14.3. The van der Waals surface area contributed by atoms with Crippen molar-refractivity contribution in [1.82, 2.24) is 4.90 Å². The molecule has 1 aromatic carbocycles. The lowest BCUT2D eigenvalue weighted by Gasteiger charge is -2.36. The van der Waals surface area contributed by atoms with Crippen LogP contribution in [0.1, 0.15) is 31.4 Å². The summed E-state index contributed by atoms with van der Waals surface area (Å²) in [6.07, 6.45) is 1.02. The summed E-state index contributed by atoms with van der Waals surface area (Å²) in [5.74, 6) is 0. The molecule has 2 N–H and O–H groups in total. The number of nitrogens with zero attached hydrogens (tertiary/aromatic N) is 1. The smallest absolute Gasteiger partial charge is 0.322 e. The number of morpholine rings is 1. The molecular weight excluding hydrogens is 280 g/mol. The first-order chi connectivity index (χ1) is 10.5. The van der Waals surface area contributed by atoms with E-state index >= 15 is 0 Å². The Morgan fingerprint density at radius 1 is 1.55 bits per heavy atom. The van der Waals surface area contributed by atoms with Crippen molar-refractivity contribution in [2.45, 2.75) is 45.8 Å². The van der Waals surface area contributed by atoms with Crippen LogP contribution in [0.3, 0.4) is 0 Å². The van der Waals surface area contributed by atoms with Crippen LogP contribution in [0.4, 0.5) is 10.5 Å². The summed E-state index contributed by atoms with van der Waals surface area (Å²) in [6.45, 7) is 7.48. The lowest BCUT2D eigenvalue weighted by Crippen LogP contribution is -2.51. The second-order valence-electron chi connectivity index (χ2n) is 5.93. The van der Waals surface area contributed by atoms with Gasteiger partial charge in [0.1, 0.15) is 0 Å². The summed E-state index contributed by atoms with van der Waals surface area (Å²) in [6, 6.07) is 5.78. The highest BCUT2D eigenvalue weighted by Gasteiger charge is 2.28. The van der Waals surface area contributed by atoms with Crippen molar-refractivity contribution >= 4 is 11.7 Å². The van der Waals surface area contributed by atoms with Gasteiger partial charge in [0.25, 0.3) is 0 Å². The Labute approximate surface area is 132 Å². The van der Waals surface area contributed by atoms with Crippen molar-refractivity contribution in [2.75, 3.05) is 25.1 Å². The van der Waals surface area contributed by atoms with E-state index in [1.807, 2.05) is 18.2 Å². The number of hydrogen-bond donors (Lipinski definition) is 2. The number of carbonyl (C=O) groups excluding carboxylic acids is 1. The minimum atomic E-state index is -0.451. The molecule has 1 saturated heterocycles. The normalized spacial score (nSPS) is 19.8. The van der Waals surface area contributed by atoms with Gasteiger partial charge < -0.3 is 20.1 Å². The molecule has 2 amide bonds. The molecule has 1 aliphatic rings. The van der Waals surface area contributed by atoms with Crippen LogP contribution in [-0.4, -0.2) is 47.9 Å². The fourth-order valence-corrected chi connectivity index (χ4v) is 2.84. The van der Waals surface area contributed by atoms with Gasteiger partial charge in [0.2, 0.25) is 0 Å². The van der Waals surface area contributed by atoms with Gasteiger partial charge in [-0.2, -0.15) is 0 Å². The third kappa shape index (κ3) is 4.21. The number of rotatable bonds is 4. The Hall–Kier alpha value is -1.59. The predicted molar refractivity (Wildman–Crippen MR) is 87.2 cm³/mol. The van der Waals surface area contributed by atoms with E-state index in [1.54, 1.807) is 11.8 Å².